The third kappa shape index (κ3) is 3.83. The second-order valence-electron chi connectivity index (χ2n) is 7.24. The van der Waals surface area contributed by atoms with Crippen LogP contribution >= 0.6 is 0 Å². The number of rotatable bonds is 4. The van der Waals surface area contributed by atoms with Gasteiger partial charge < -0.3 is 19.3 Å². The predicted octanol–water partition coefficient (Wildman–Crippen LogP) is 2.05. The Morgan fingerprint density at radius 2 is 2.25 bits per heavy atom. The van der Waals surface area contributed by atoms with Crippen molar-refractivity contribution in [3.05, 3.63) is 23.8 Å². The average Bonchev–Trinajstić information content (AvgIpc) is 2.59. The molecule has 0 aromatic heterocycles. The normalized spacial score (nSPS) is 23.6. The second-order valence-corrected chi connectivity index (χ2v) is 7.24. The third-order valence-electron chi connectivity index (χ3n) is 4.98. The number of hydrogen-bond acceptors (Lipinski definition) is 4. The van der Waals surface area contributed by atoms with E-state index in [0.29, 0.717) is 12.5 Å². The van der Waals surface area contributed by atoms with Crippen molar-refractivity contribution in [1.82, 2.24) is 9.80 Å². The van der Waals surface area contributed by atoms with Crippen molar-refractivity contribution in [3.8, 4) is 11.5 Å². The van der Waals surface area contributed by atoms with Gasteiger partial charge in [-0.1, -0.05) is 0 Å². The summed E-state index contributed by atoms with van der Waals surface area (Å²) in [6.45, 7) is 3.28. The number of piperidine rings is 1. The van der Waals surface area contributed by atoms with Gasteiger partial charge in [-0.25, -0.2) is 0 Å². The van der Waals surface area contributed by atoms with Gasteiger partial charge in [-0.2, -0.15) is 0 Å². The van der Waals surface area contributed by atoms with Crippen LogP contribution in [-0.2, 0) is 11.2 Å². The molecule has 0 spiro atoms. The fourth-order valence-corrected chi connectivity index (χ4v) is 3.85. The number of carbonyl (C=O) groups is 1. The zero-order valence-electron chi connectivity index (χ0n) is 15.0. The molecule has 1 saturated heterocycles. The Labute approximate surface area is 144 Å². The minimum absolute atomic E-state index is 0.0808. The van der Waals surface area contributed by atoms with Crippen molar-refractivity contribution in [3.63, 3.8) is 0 Å². The SMILES string of the molecule is COc1ccc2c(c1)C[C@@H](C(=O)N1CCC[C@@H](CN(C)C)C1)CO2. The molecule has 1 aromatic carbocycles. The fraction of sp³-hybridized carbons (Fsp3) is 0.632. The molecule has 5 nitrogen and oxygen atoms in total. The number of methoxy groups -OCH3 is 1. The lowest BCUT2D eigenvalue weighted by molar-refractivity contribution is -0.138. The molecule has 0 radical (unpaired) electrons. The van der Waals surface area contributed by atoms with Gasteiger partial charge in [0.25, 0.3) is 0 Å². The molecule has 0 N–H and O–H groups in total. The Balaban J connectivity index is 1.65. The summed E-state index contributed by atoms with van der Waals surface area (Å²) in [5, 5.41) is 0. The molecule has 2 aliphatic heterocycles. The molecule has 0 bridgehead atoms. The second kappa shape index (κ2) is 7.43. The molecule has 5 heteroatoms. The van der Waals surface area contributed by atoms with Crippen LogP contribution in [0, 0.1) is 11.8 Å². The summed E-state index contributed by atoms with van der Waals surface area (Å²) in [5.41, 5.74) is 1.07. The fourth-order valence-electron chi connectivity index (χ4n) is 3.85. The number of nitrogens with zero attached hydrogens (tertiary/aromatic N) is 2. The van der Waals surface area contributed by atoms with Gasteiger partial charge >= 0.3 is 0 Å². The van der Waals surface area contributed by atoms with Crippen molar-refractivity contribution in [2.45, 2.75) is 19.3 Å². The maximum Gasteiger partial charge on any atom is 0.229 e. The van der Waals surface area contributed by atoms with Gasteiger partial charge in [0.15, 0.2) is 0 Å². The van der Waals surface area contributed by atoms with Crippen LogP contribution in [0.15, 0.2) is 18.2 Å². The van der Waals surface area contributed by atoms with E-state index in [9.17, 15) is 4.79 Å². The molecule has 1 fully saturated rings. The van der Waals surface area contributed by atoms with Crippen LogP contribution < -0.4 is 9.47 Å². The number of benzene rings is 1. The van der Waals surface area contributed by atoms with E-state index in [-0.39, 0.29) is 11.8 Å². The summed E-state index contributed by atoms with van der Waals surface area (Å²) in [4.78, 5) is 17.2. The van der Waals surface area contributed by atoms with Crippen LogP contribution in [-0.4, -0.2) is 63.2 Å². The minimum Gasteiger partial charge on any atom is -0.497 e. The summed E-state index contributed by atoms with van der Waals surface area (Å²) >= 11 is 0. The van der Waals surface area contributed by atoms with E-state index in [1.807, 2.05) is 18.2 Å². The Morgan fingerprint density at radius 3 is 3.00 bits per heavy atom. The molecule has 2 atom stereocenters. The first-order valence-corrected chi connectivity index (χ1v) is 8.80. The van der Waals surface area contributed by atoms with Crippen molar-refractivity contribution < 1.29 is 14.3 Å². The monoisotopic (exact) mass is 332 g/mol. The van der Waals surface area contributed by atoms with Gasteiger partial charge in [-0.3, -0.25) is 4.79 Å². The first-order chi connectivity index (χ1) is 11.6. The van der Waals surface area contributed by atoms with Gasteiger partial charge in [0.2, 0.25) is 5.91 Å². The van der Waals surface area contributed by atoms with E-state index in [4.69, 9.17) is 9.47 Å². The topological polar surface area (TPSA) is 42.0 Å². The van der Waals surface area contributed by atoms with E-state index in [1.54, 1.807) is 7.11 Å². The van der Waals surface area contributed by atoms with E-state index < -0.39 is 0 Å². The molecule has 24 heavy (non-hydrogen) atoms. The predicted molar refractivity (Wildman–Crippen MR) is 93.5 cm³/mol. The van der Waals surface area contributed by atoms with Gasteiger partial charge in [0.05, 0.1) is 13.0 Å². The van der Waals surface area contributed by atoms with E-state index in [1.165, 1.54) is 6.42 Å². The average molecular weight is 332 g/mol. The van der Waals surface area contributed by atoms with Gasteiger partial charge in [0.1, 0.15) is 18.1 Å². The number of carbonyl (C=O) groups excluding carboxylic acids is 1. The highest BCUT2D eigenvalue weighted by Gasteiger charge is 2.32. The van der Waals surface area contributed by atoms with Crippen LogP contribution in [0.4, 0.5) is 0 Å². The van der Waals surface area contributed by atoms with Crippen LogP contribution in [0.25, 0.3) is 0 Å². The first-order valence-electron chi connectivity index (χ1n) is 8.80. The summed E-state index contributed by atoms with van der Waals surface area (Å²) in [7, 11) is 5.85. The summed E-state index contributed by atoms with van der Waals surface area (Å²) in [6.07, 6.45) is 3.05. The highest BCUT2D eigenvalue weighted by molar-refractivity contribution is 5.80. The maximum atomic E-state index is 12.9. The molecular weight excluding hydrogens is 304 g/mol. The number of fused-ring (bicyclic) bond motifs is 1. The molecule has 1 amide bonds. The zero-order valence-corrected chi connectivity index (χ0v) is 15.0. The van der Waals surface area contributed by atoms with Gasteiger partial charge in [-0.15, -0.1) is 0 Å². The molecule has 2 heterocycles. The summed E-state index contributed by atoms with van der Waals surface area (Å²) in [5.74, 6) is 2.43. The van der Waals surface area contributed by atoms with Crippen LogP contribution in [0.3, 0.4) is 0 Å². The standard InChI is InChI=1S/C19H28N2O3/c1-20(2)11-14-5-4-8-21(12-14)19(22)16-9-15-10-17(23-3)6-7-18(15)24-13-16/h6-7,10,14,16H,4-5,8-9,11-13H2,1-3H3/t14-,16+/m0/s1. The van der Waals surface area contributed by atoms with Crippen LogP contribution in [0.2, 0.25) is 0 Å². The van der Waals surface area contributed by atoms with Crippen LogP contribution in [0.1, 0.15) is 18.4 Å². The Kier molecular flexibility index (Phi) is 5.29. The van der Waals surface area contributed by atoms with E-state index in [2.05, 4.69) is 23.9 Å². The third-order valence-corrected chi connectivity index (χ3v) is 4.98. The van der Waals surface area contributed by atoms with E-state index in [0.717, 1.165) is 49.5 Å². The van der Waals surface area contributed by atoms with Crippen molar-refractivity contribution >= 4 is 5.91 Å². The number of amides is 1. The van der Waals surface area contributed by atoms with Crippen molar-refractivity contribution in [2.75, 3.05) is 47.4 Å². The largest absolute Gasteiger partial charge is 0.497 e. The number of ether oxygens (including phenoxy) is 2. The lowest BCUT2D eigenvalue weighted by Crippen LogP contribution is -2.47. The molecule has 132 valence electrons. The molecule has 1 aromatic rings. The smallest absolute Gasteiger partial charge is 0.229 e. The maximum absolute atomic E-state index is 12.9. The summed E-state index contributed by atoms with van der Waals surface area (Å²) in [6, 6.07) is 5.82. The highest BCUT2D eigenvalue weighted by Crippen LogP contribution is 2.32. The first kappa shape index (κ1) is 17.1. The molecule has 2 aliphatic rings. The quantitative estimate of drug-likeness (QED) is 0.846. The molecule has 3 rings (SSSR count). The number of likely N-dealkylation sites (tertiary alicyclic amines) is 1. The van der Waals surface area contributed by atoms with Gasteiger partial charge in [0, 0.05) is 19.6 Å². The summed E-state index contributed by atoms with van der Waals surface area (Å²) < 4.78 is 11.1. The zero-order chi connectivity index (χ0) is 17.1. The highest BCUT2D eigenvalue weighted by atomic mass is 16.5. The Morgan fingerprint density at radius 1 is 1.42 bits per heavy atom. The molecule has 0 unspecified atom stereocenters. The lowest BCUT2D eigenvalue weighted by Gasteiger charge is -2.37. The molecule has 0 aliphatic carbocycles. The Bertz CT molecular complexity index is 588. The Hall–Kier alpha value is -1.75. The van der Waals surface area contributed by atoms with Crippen LogP contribution in [0.5, 0.6) is 11.5 Å². The van der Waals surface area contributed by atoms with Gasteiger partial charge in [-0.05, 0) is 63.0 Å². The number of hydrogen-bond donors (Lipinski definition) is 0. The van der Waals surface area contributed by atoms with Crippen molar-refractivity contribution in [1.29, 1.82) is 0 Å². The minimum atomic E-state index is -0.0808. The molecular formula is C19H28N2O3. The lowest BCUT2D eigenvalue weighted by atomic mass is 9.92. The van der Waals surface area contributed by atoms with E-state index >= 15 is 0 Å². The molecule has 0 saturated carbocycles. The van der Waals surface area contributed by atoms with Crippen molar-refractivity contribution in [2.24, 2.45) is 11.8 Å².